The van der Waals surface area contributed by atoms with Crippen LogP contribution in [0.2, 0.25) is 0 Å². The maximum atomic E-state index is 11.9. The second kappa shape index (κ2) is 8.58. The molecule has 0 aliphatic carbocycles. The number of ether oxygens (including phenoxy) is 2. The molecule has 0 N–H and O–H groups in total. The fraction of sp³-hybridized carbons (Fsp3) is 0.222. The van der Waals surface area contributed by atoms with Crippen molar-refractivity contribution in [3.8, 4) is 0 Å². The fourth-order valence-electron chi connectivity index (χ4n) is 2.12. The number of hydrogen-bond donors (Lipinski definition) is 0. The van der Waals surface area contributed by atoms with Crippen LogP contribution in [0, 0.1) is 17.0 Å². The molecule has 0 heterocycles. The molecule has 2 rings (SSSR count). The highest BCUT2D eigenvalue weighted by Crippen LogP contribution is 2.17. The molecule has 0 amide bonds. The van der Waals surface area contributed by atoms with E-state index in [-0.39, 0.29) is 24.5 Å². The Morgan fingerprint density at radius 2 is 1.56 bits per heavy atom. The van der Waals surface area contributed by atoms with Crippen LogP contribution in [0.5, 0.6) is 0 Å². The molecule has 0 aliphatic heterocycles. The SMILES string of the molecule is Cc1cc(C(=O)OCCCOC(=O)c2ccccc2)cc([N+](=O)[O-])c1. The van der Waals surface area contributed by atoms with Crippen LogP contribution in [0.15, 0.2) is 48.5 Å². The molecule has 25 heavy (non-hydrogen) atoms. The number of nitrogens with zero attached hydrogens (tertiary/aromatic N) is 1. The molecule has 0 aromatic heterocycles. The van der Waals surface area contributed by atoms with Gasteiger partial charge in [0.25, 0.3) is 5.69 Å². The minimum absolute atomic E-state index is 0.0443. The summed E-state index contributed by atoms with van der Waals surface area (Å²) in [5.74, 6) is -1.09. The van der Waals surface area contributed by atoms with Crippen molar-refractivity contribution in [3.63, 3.8) is 0 Å². The first kappa shape index (κ1) is 18.1. The number of benzene rings is 2. The maximum absolute atomic E-state index is 11.9. The van der Waals surface area contributed by atoms with Gasteiger partial charge in [-0.2, -0.15) is 0 Å². The third-order valence-corrected chi connectivity index (χ3v) is 3.27. The normalized spacial score (nSPS) is 10.1. The van der Waals surface area contributed by atoms with Crippen LogP contribution in [-0.4, -0.2) is 30.1 Å². The zero-order valence-electron chi connectivity index (χ0n) is 13.6. The monoisotopic (exact) mass is 343 g/mol. The average molecular weight is 343 g/mol. The molecule has 7 heteroatoms. The minimum Gasteiger partial charge on any atom is -0.462 e. The van der Waals surface area contributed by atoms with Gasteiger partial charge in [0.2, 0.25) is 0 Å². The van der Waals surface area contributed by atoms with E-state index in [9.17, 15) is 19.7 Å². The second-order valence-electron chi connectivity index (χ2n) is 5.31. The molecule has 0 bridgehead atoms. The van der Waals surface area contributed by atoms with Crippen LogP contribution in [0.25, 0.3) is 0 Å². The van der Waals surface area contributed by atoms with Crippen LogP contribution >= 0.6 is 0 Å². The minimum atomic E-state index is -0.652. The van der Waals surface area contributed by atoms with E-state index in [0.717, 1.165) is 0 Å². The number of nitro groups is 1. The van der Waals surface area contributed by atoms with E-state index in [1.165, 1.54) is 18.2 Å². The Morgan fingerprint density at radius 3 is 2.16 bits per heavy atom. The van der Waals surface area contributed by atoms with Gasteiger partial charge in [-0.3, -0.25) is 10.1 Å². The third-order valence-electron chi connectivity index (χ3n) is 3.27. The first-order chi connectivity index (χ1) is 12.0. The van der Waals surface area contributed by atoms with E-state index in [1.807, 2.05) is 0 Å². The number of carbonyl (C=O) groups is 2. The van der Waals surface area contributed by atoms with Gasteiger partial charge in [-0.1, -0.05) is 18.2 Å². The summed E-state index contributed by atoms with van der Waals surface area (Å²) in [6.45, 7) is 1.81. The Balaban J connectivity index is 1.77. The maximum Gasteiger partial charge on any atom is 0.338 e. The number of esters is 2. The zero-order valence-corrected chi connectivity index (χ0v) is 13.6. The summed E-state index contributed by atoms with van der Waals surface area (Å²) in [5, 5.41) is 10.8. The van der Waals surface area contributed by atoms with Crippen molar-refractivity contribution in [1.29, 1.82) is 0 Å². The Morgan fingerprint density at radius 1 is 0.960 bits per heavy atom. The number of nitro benzene ring substituents is 1. The van der Waals surface area contributed by atoms with Crippen LogP contribution < -0.4 is 0 Å². The van der Waals surface area contributed by atoms with E-state index in [2.05, 4.69) is 0 Å². The van der Waals surface area contributed by atoms with E-state index in [4.69, 9.17) is 9.47 Å². The van der Waals surface area contributed by atoms with E-state index < -0.39 is 16.9 Å². The first-order valence-electron chi connectivity index (χ1n) is 7.63. The lowest BCUT2D eigenvalue weighted by Gasteiger charge is -2.07. The van der Waals surface area contributed by atoms with Crippen molar-refractivity contribution < 1.29 is 24.0 Å². The first-order valence-corrected chi connectivity index (χ1v) is 7.63. The average Bonchev–Trinajstić information content (AvgIpc) is 2.61. The highest BCUT2D eigenvalue weighted by atomic mass is 16.6. The lowest BCUT2D eigenvalue weighted by Crippen LogP contribution is -2.11. The topological polar surface area (TPSA) is 95.7 Å². The molecule has 7 nitrogen and oxygen atoms in total. The molecular weight excluding hydrogens is 326 g/mol. The molecule has 0 aliphatic rings. The zero-order chi connectivity index (χ0) is 18.2. The molecule has 0 saturated heterocycles. The summed E-state index contributed by atoms with van der Waals surface area (Å²) in [6.07, 6.45) is 0.332. The van der Waals surface area contributed by atoms with Crippen molar-refractivity contribution >= 4 is 17.6 Å². The molecular formula is C18H17NO6. The Hall–Kier alpha value is -3.22. The predicted molar refractivity (Wildman–Crippen MR) is 89.5 cm³/mol. The number of rotatable bonds is 7. The van der Waals surface area contributed by atoms with Crippen molar-refractivity contribution in [2.75, 3.05) is 13.2 Å². The van der Waals surface area contributed by atoms with Gasteiger partial charge in [0.1, 0.15) is 0 Å². The van der Waals surface area contributed by atoms with Gasteiger partial charge in [-0.25, -0.2) is 9.59 Å². The van der Waals surface area contributed by atoms with Crippen molar-refractivity contribution in [2.45, 2.75) is 13.3 Å². The standard InChI is InChI=1S/C18H17NO6/c1-13-10-15(12-16(11-13)19(22)23)18(21)25-9-5-8-24-17(20)14-6-3-2-4-7-14/h2-4,6-7,10-12H,5,8-9H2,1H3. The van der Waals surface area contributed by atoms with Crippen molar-refractivity contribution in [2.24, 2.45) is 0 Å². The number of carbonyl (C=O) groups excluding carboxylic acids is 2. The fourth-order valence-corrected chi connectivity index (χ4v) is 2.12. The van der Waals surface area contributed by atoms with Crippen molar-refractivity contribution in [3.05, 3.63) is 75.3 Å². The quantitative estimate of drug-likeness (QED) is 0.331. The highest BCUT2D eigenvalue weighted by Gasteiger charge is 2.14. The molecule has 0 saturated carbocycles. The van der Waals surface area contributed by atoms with Crippen LogP contribution in [0.1, 0.15) is 32.7 Å². The van der Waals surface area contributed by atoms with Gasteiger partial charge in [0.15, 0.2) is 0 Å². The Bertz CT molecular complexity index is 772. The number of hydrogen-bond acceptors (Lipinski definition) is 6. The summed E-state index contributed by atoms with van der Waals surface area (Å²) < 4.78 is 10.1. The van der Waals surface area contributed by atoms with Crippen LogP contribution in [0.3, 0.4) is 0 Å². The highest BCUT2D eigenvalue weighted by molar-refractivity contribution is 5.90. The summed E-state index contributed by atoms with van der Waals surface area (Å²) in [5.41, 5.74) is 1.00. The molecule has 0 spiro atoms. The summed E-state index contributed by atoms with van der Waals surface area (Å²) in [7, 11) is 0. The summed E-state index contributed by atoms with van der Waals surface area (Å²) >= 11 is 0. The van der Waals surface area contributed by atoms with Gasteiger partial charge >= 0.3 is 11.9 Å². The van der Waals surface area contributed by atoms with E-state index in [1.54, 1.807) is 37.3 Å². The van der Waals surface area contributed by atoms with Gasteiger partial charge in [0.05, 0.1) is 29.3 Å². The lowest BCUT2D eigenvalue weighted by atomic mass is 10.1. The van der Waals surface area contributed by atoms with Crippen LogP contribution in [0.4, 0.5) is 5.69 Å². The molecule has 0 radical (unpaired) electrons. The van der Waals surface area contributed by atoms with E-state index in [0.29, 0.717) is 17.5 Å². The summed E-state index contributed by atoms with van der Waals surface area (Å²) in [6, 6.07) is 12.6. The third kappa shape index (κ3) is 5.42. The van der Waals surface area contributed by atoms with Gasteiger partial charge in [-0.05, 0) is 30.7 Å². The summed E-state index contributed by atoms with van der Waals surface area (Å²) in [4.78, 5) is 33.9. The molecule has 0 atom stereocenters. The largest absolute Gasteiger partial charge is 0.462 e. The molecule has 0 fully saturated rings. The predicted octanol–water partition coefficient (Wildman–Crippen LogP) is 3.31. The molecule has 2 aromatic rings. The lowest BCUT2D eigenvalue weighted by molar-refractivity contribution is -0.384. The number of non-ortho nitro benzene ring substituents is 1. The van der Waals surface area contributed by atoms with Gasteiger partial charge < -0.3 is 9.47 Å². The van der Waals surface area contributed by atoms with Crippen molar-refractivity contribution in [1.82, 2.24) is 0 Å². The molecule has 0 unspecified atom stereocenters. The second-order valence-corrected chi connectivity index (χ2v) is 5.31. The van der Waals surface area contributed by atoms with E-state index >= 15 is 0 Å². The van der Waals surface area contributed by atoms with Gasteiger partial charge in [0, 0.05) is 18.6 Å². The number of aryl methyl sites for hydroxylation is 1. The van der Waals surface area contributed by atoms with Crippen LogP contribution in [-0.2, 0) is 9.47 Å². The van der Waals surface area contributed by atoms with Gasteiger partial charge in [-0.15, -0.1) is 0 Å². The molecule has 2 aromatic carbocycles. The Labute approximate surface area is 144 Å². The molecule has 130 valence electrons. The Kier molecular flexibility index (Phi) is 6.22. The smallest absolute Gasteiger partial charge is 0.338 e.